The topological polar surface area (TPSA) is 49.1 Å². The third kappa shape index (κ3) is 3.65. The number of benzene rings is 2. The van der Waals surface area contributed by atoms with Crippen LogP contribution in [0.15, 0.2) is 59.6 Å². The Hall–Kier alpha value is -3.06. The minimum absolute atomic E-state index is 0.0567. The van der Waals surface area contributed by atoms with Crippen LogP contribution in [0.2, 0.25) is 0 Å². The van der Waals surface area contributed by atoms with Gasteiger partial charge in [-0.15, -0.1) is 11.8 Å². The van der Waals surface area contributed by atoms with Crippen molar-refractivity contribution in [2.24, 2.45) is 0 Å². The normalized spacial score (nSPS) is 11.2. The van der Waals surface area contributed by atoms with E-state index in [1.807, 2.05) is 24.3 Å². The van der Waals surface area contributed by atoms with E-state index >= 15 is 0 Å². The van der Waals surface area contributed by atoms with E-state index in [2.05, 4.69) is 11.9 Å². The van der Waals surface area contributed by atoms with Gasteiger partial charge < -0.3 is 9.94 Å². The van der Waals surface area contributed by atoms with Gasteiger partial charge in [0.15, 0.2) is 11.6 Å². The van der Waals surface area contributed by atoms with Crippen molar-refractivity contribution in [2.75, 3.05) is 5.75 Å². The van der Waals surface area contributed by atoms with Gasteiger partial charge in [-0.2, -0.15) is 0 Å². The van der Waals surface area contributed by atoms with Crippen molar-refractivity contribution in [3.8, 4) is 22.6 Å². The highest BCUT2D eigenvalue weighted by Gasteiger charge is 2.20. The van der Waals surface area contributed by atoms with Crippen LogP contribution in [-0.4, -0.2) is 15.9 Å². The molecule has 0 unspecified atom stereocenters. The van der Waals surface area contributed by atoms with Crippen molar-refractivity contribution >= 4 is 22.8 Å². The summed E-state index contributed by atoms with van der Waals surface area (Å²) in [5, 5.41) is 11.1. The number of H-pyrrole nitrogens is 1. The molecule has 2 N–H and O–H groups in total. The SMILES string of the molecule is CCSc1ccc(Oc2ccc(F)cc2F)c(-c2cc(C)[n+](O)c3[nH]ccc23)c1. The number of hydrogen-bond donors (Lipinski definition) is 2. The van der Waals surface area contributed by atoms with Gasteiger partial charge in [0.25, 0.3) is 0 Å². The molecule has 0 bridgehead atoms. The summed E-state index contributed by atoms with van der Waals surface area (Å²) in [5.74, 6) is -0.152. The summed E-state index contributed by atoms with van der Waals surface area (Å²) in [6, 6.07) is 12.6. The van der Waals surface area contributed by atoms with Gasteiger partial charge in [0, 0.05) is 29.0 Å². The number of nitrogens with zero attached hydrogens (tertiary/aromatic N) is 1. The molecule has 0 fully saturated rings. The standard InChI is InChI=1S/C22H18F2N2O2S/c1-3-29-15-5-7-20(28-21-6-4-14(23)11-19(21)24)18(12-15)17-10-13(2)26(27)22-16(17)8-9-25-22/h4-12,27H,3H2,1-2H3/p+1. The zero-order chi connectivity index (χ0) is 20.5. The average Bonchev–Trinajstić information content (AvgIpc) is 3.18. The Bertz CT molecular complexity index is 1210. The minimum atomic E-state index is -0.771. The third-order valence-corrected chi connectivity index (χ3v) is 5.46. The number of hydrogen-bond acceptors (Lipinski definition) is 3. The van der Waals surface area contributed by atoms with Crippen molar-refractivity contribution in [1.29, 1.82) is 0 Å². The van der Waals surface area contributed by atoms with Gasteiger partial charge in [-0.1, -0.05) is 6.92 Å². The molecule has 2 heterocycles. The summed E-state index contributed by atoms with van der Waals surface area (Å²) in [6.07, 6.45) is 1.74. The molecule has 148 valence electrons. The first-order valence-corrected chi connectivity index (χ1v) is 10.1. The fourth-order valence-corrected chi connectivity index (χ4v) is 3.94. The summed E-state index contributed by atoms with van der Waals surface area (Å²) in [5.41, 5.74) is 2.76. The molecule has 0 spiro atoms. The number of thioether (sulfide) groups is 1. The molecule has 4 nitrogen and oxygen atoms in total. The van der Waals surface area contributed by atoms with Crippen molar-refractivity contribution in [2.45, 2.75) is 18.7 Å². The first kappa shape index (κ1) is 19.3. The van der Waals surface area contributed by atoms with E-state index in [0.717, 1.165) is 44.0 Å². The fraction of sp³-hybridized carbons (Fsp3) is 0.136. The van der Waals surface area contributed by atoms with E-state index in [0.29, 0.717) is 17.1 Å². The van der Waals surface area contributed by atoms with E-state index < -0.39 is 11.6 Å². The van der Waals surface area contributed by atoms with Crippen LogP contribution >= 0.6 is 11.8 Å². The van der Waals surface area contributed by atoms with Crippen LogP contribution in [0.5, 0.6) is 11.5 Å². The number of aromatic amines is 1. The van der Waals surface area contributed by atoms with Gasteiger partial charge in [-0.3, -0.25) is 0 Å². The molecule has 0 atom stereocenters. The van der Waals surface area contributed by atoms with E-state index in [4.69, 9.17) is 4.74 Å². The van der Waals surface area contributed by atoms with Crippen LogP contribution in [0.25, 0.3) is 22.2 Å². The number of halogens is 2. The van der Waals surface area contributed by atoms with Gasteiger partial charge >= 0.3 is 5.65 Å². The lowest BCUT2D eigenvalue weighted by Crippen LogP contribution is -2.34. The number of fused-ring (bicyclic) bond motifs is 1. The maximum absolute atomic E-state index is 14.2. The number of aromatic nitrogens is 2. The van der Waals surface area contributed by atoms with Crippen LogP contribution in [0.1, 0.15) is 12.6 Å². The molecular weight excluding hydrogens is 394 g/mol. The first-order chi connectivity index (χ1) is 14.0. The Morgan fingerprint density at radius 2 is 1.83 bits per heavy atom. The van der Waals surface area contributed by atoms with Crippen molar-refractivity contribution in [1.82, 2.24) is 4.98 Å². The Balaban J connectivity index is 1.91. The van der Waals surface area contributed by atoms with Gasteiger partial charge in [0.2, 0.25) is 0 Å². The predicted molar refractivity (Wildman–Crippen MR) is 109 cm³/mol. The van der Waals surface area contributed by atoms with Crippen molar-refractivity contribution in [3.63, 3.8) is 0 Å². The Kier molecular flexibility index (Phi) is 5.15. The summed E-state index contributed by atoms with van der Waals surface area (Å²) < 4.78 is 34.4. The van der Waals surface area contributed by atoms with E-state index in [9.17, 15) is 14.0 Å². The highest BCUT2D eigenvalue weighted by atomic mass is 32.2. The third-order valence-electron chi connectivity index (χ3n) is 4.58. The minimum Gasteiger partial charge on any atom is -0.454 e. The smallest absolute Gasteiger partial charge is 0.326 e. The quantitative estimate of drug-likeness (QED) is 0.245. The van der Waals surface area contributed by atoms with Crippen LogP contribution < -0.4 is 9.47 Å². The molecule has 0 radical (unpaired) electrons. The van der Waals surface area contributed by atoms with Crippen LogP contribution in [0.4, 0.5) is 8.78 Å². The highest BCUT2D eigenvalue weighted by Crippen LogP contribution is 2.39. The van der Waals surface area contributed by atoms with E-state index in [1.54, 1.807) is 30.9 Å². The predicted octanol–water partition coefficient (Wildman–Crippen LogP) is 5.85. The molecule has 0 saturated carbocycles. The van der Waals surface area contributed by atoms with E-state index in [1.165, 1.54) is 6.07 Å². The molecule has 2 aromatic carbocycles. The van der Waals surface area contributed by atoms with Gasteiger partial charge in [0.05, 0.1) is 11.6 Å². The van der Waals surface area contributed by atoms with Crippen LogP contribution in [0.3, 0.4) is 0 Å². The lowest BCUT2D eigenvalue weighted by atomic mass is 10.0. The fourth-order valence-electron chi connectivity index (χ4n) is 3.24. The molecule has 0 saturated heterocycles. The number of rotatable bonds is 5. The number of pyridine rings is 1. The molecular formula is C22H19F2N2O2S+. The van der Waals surface area contributed by atoms with Crippen LogP contribution in [-0.2, 0) is 0 Å². The number of aryl methyl sites for hydroxylation is 1. The molecule has 4 aromatic rings. The Labute approximate surface area is 170 Å². The molecule has 0 amide bonds. The van der Waals surface area contributed by atoms with Crippen molar-refractivity contribution in [3.05, 3.63) is 72.1 Å². The average molecular weight is 413 g/mol. The summed E-state index contributed by atoms with van der Waals surface area (Å²) in [6.45, 7) is 3.85. The molecule has 4 rings (SSSR count). The Morgan fingerprint density at radius 1 is 1.03 bits per heavy atom. The monoisotopic (exact) mass is 413 g/mol. The lowest BCUT2D eigenvalue weighted by molar-refractivity contribution is -0.889. The van der Waals surface area contributed by atoms with Gasteiger partial charge in [-0.05, 0) is 52.9 Å². The summed E-state index contributed by atoms with van der Waals surface area (Å²) in [7, 11) is 0. The molecule has 0 aliphatic carbocycles. The van der Waals surface area contributed by atoms with Gasteiger partial charge in [-0.25, -0.2) is 13.8 Å². The van der Waals surface area contributed by atoms with Crippen molar-refractivity contribution < 1.29 is 23.5 Å². The second-order valence-electron chi connectivity index (χ2n) is 6.52. The highest BCUT2D eigenvalue weighted by molar-refractivity contribution is 7.99. The molecule has 2 aromatic heterocycles. The maximum Gasteiger partial charge on any atom is 0.326 e. The number of ether oxygens (including phenoxy) is 1. The lowest BCUT2D eigenvalue weighted by Gasteiger charge is -2.14. The first-order valence-electron chi connectivity index (χ1n) is 9.10. The zero-order valence-corrected chi connectivity index (χ0v) is 16.7. The molecule has 0 aliphatic rings. The molecule has 7 heteroatoms. The summed E-state index contributed by atoms with van der Waals surface area (Å²) in [4.78, 5) is 4.07. The maximum atomic E-state index is 14.2. The van der Waals surface area contributed by atoms with Gasteiger partial charge in [0.1, 0.15) is 17.3 Å². The largest absolute Gasteiger partial charge is 0.454 e. The second-order valence-corrected chi connectivity index (χ2v) is 7.86. The molecule has 0 aliphatic heterocycles. The van der Waals surface area contributed by atoms with E-state index in [-0.39, 0.29) is 5.75 Å². The zero-order valence-electron chi connectivity index (χ0n) is 15.9. The van der Waals surface area contributed by atoms with Crippen LogP contribution in [0, 0.1) is 18.6 Å². The Morgan fingerprint density at radius 3 is 2.59 bits per heavy atom. The second kappa shape index (κ2) is 7.75. The summed E-state index contributed by atoms with van der Waals surface area (Å²) >= 11 is 1.68. The number of nitrogens with one attached hydrogen (secondary N) is 1. The molecule has 29 heavy (non-hydrogen) atoms.